The maximum atomic E-state index is 12.6. The van der Waals surface area contributed by atoms with Crippen molar-refractivity contribution in [1.29, 1.82) is 0 Å². The summed E-state index contributed by atoms with van der Waals surface area (Å²) in [6.45, 7) is 6.46. The number of benzene rings is 1. The summed E-state index contributed by atoms with van der Waals surface area (Å²) in [6, 6.07) is 6.70. The number of carbonyl (C=O) groups excluding carboxylic acids is 1. The number of amides is 1. The number of hydrogen-bond donors (Lipinski definition) is 1. The van der Waals surface area contributed by atoms with Gasteiger partial charge in [-0.1, -0.05) is 36.7 Å². The summed E-state index contributed by atoms with van der Waals surface area (Å²) in [5, 5.41) is 3.01. The van der Waals surface area contributed by atoms with Gasteiger partial charge in [0.2, 0.25) is 15.9 Å². The van der Waals surface area contributed by atoms with Crippen LogP contribution in [0.3, 0.4) is 0 Å². The number of nitrogens with one attached hydrogen (secondary N) is 1. The molecule has 1 heterocycles. The van der Waals surface area contributed by atoms with Crippen LogP contribution < -0.4 is 5.32 Å². The van der Waals surface area contributed by atoms with Crippen molar-refractivity contribution in [2.24, 2.45) is 5.41 Å². The number of carbonyl (C=O) groups is 1. The molecule has 5 nitrogen and oxygen atoms in total. The largest absolute Gasteiger partial charge is 0.353 e. The standard InChI is InChI=1S/C16H23BrN2O3S/c1-16(2,3)15(20)18-13-8-10-19(11-9-13)23(21,22)14-6-4-12(17)5-7-14/h4-7,13H,8-11H2,1-3H3,(H,18,20). The third-order valence-corrected chi connectivity index (χ3v) is 6.36. The van der Waals surface area contributed by atoms with E-state index in [0.717, 1.165) is 4.47 Å². The predicted octanol–water partition coefficient (Wildman–Crippen LogP) is 2.76. The van der Waals surface area contributed by atoms with Crippen molar-refractivity contribution in [3.63, 3.8) is 0 Å². The first kappa shape index (κ1) is 18.4. The van der Waals surface area contributed by atoms with E-state index in [4.69, 9.17) is 0 Å². The molecule has 0 aliphatic carbocycles. The Morgan fingerprint density at radius 1 is 1.17 bits per heavy atom. The van der Waals surface area contributed by atoms with Gasteiger partial charge in [-0.3, -0.25) is 4.79 Å². The lowest BCUT2D eigenvalue weighted by atomic mass is 9.94. The van der Waals surface area contributed by atoms with Gasteiger partial charge in [0.05, 0.1) is 4.90 Å². The van der Waals surface area contributed by atoms with Gasteiger partial charge in [-0.25, -0.2) is 8.42 Å². The quantitative estimate of drug-likeness (QED) is 0.844. The highest BCUT2D eigenvalue weighted by Gasteiger charge is 2.31. The molecule has 1 fully saturated rings. The molecule has 0 aromatic heterocycles. The first-order valence-corrected chi connectivity index (χ1v) is 9.91. The Labute approximate surface area is 146 Å². The minimum absolute atomic E-state index is 0.00622. The molecule has 0 bridgehead atoms. The zero-order chi connectivity index (χ0) is 17.3. The molecule has 0 spiro atoms. The van der Waals surface area contributed by atoms with Gasteiger partial charge in [0.25, 0.3) is 0 Å². The topological polar surface area (TPSA) is 66.5 Å². The van der Waals surface area contributed by atoms with Crippen molar-refractivity contribution < 1.29 is 13.2 Å². The molecule has 1 saturated heterocycles. The van der Waals surface area contributed by atoms with Crippen LogP contribution in [0.1, 0.15) is 33.6 Å². The van der Waals surface area contributed by atoms with E-state index in [2.05, 4.69) is 21.2 Å². The lowest BCUT2D eigenvalue weighted by Gasteiger charge is -2.33. The summed E-state index contributed by atoms with van der Waals surface area (Å²) in [4.78, 5) is 12.3. The molecule has 7 heteroatoms. The average molecular weight is 403 g/mol. The van der Waals surface area contributed by atoms with Gasteiger partial charge in [-0.15, -0.1) is 0 Å². The zero-order valence-corrected chi connectivity index (χ0v) is 16.1. The van der Waals surface area contributed by atoms with Crippen molar-refractivity contribution in [1.82, 2.24) is 9.62 Å². The molecule has 1 aliphatic rings. The highest BCUT2D eigenvalue weighted by Crippen LogP contribution is 2.23. The van der Waals surface area contributed by atoms with E-state index in [9.17, 15) is 13.2 Å². The third kappa shape index (κ3) is 4.55. The molecule has 23 heavy (non-hydrogen) atoms. The summed E-state index contributed by atoms with van der Waals surface area (Å²) < 4.78 is 27.6. The summed E-state index contributed by atoms with van der Waals surface area (Å²) >= 11 is 3.31. The van der Waals surface area contributed by atoms with Gasteiger partial charge in [-0.05, 0) is 37.1 Å². The zero-order valence-electron chi connectivity index (χ0n) is 13.7. The van der Waals surface area contributed by atoms with Crippen LogP contribution in [0.4, 0.5) is 0 Å². The molecule has 0 atom stereocenters. The maximum Gasteiger partial charge on any atom is 0.243 e. The minimum atomic E-state index is -3.46. The van der Waals surface area contributed by atoms with Crippen molar-refractivity contribution in [3.05, 3.63) is 28.7 Å². The number of sulfonamides is 1. The van der Waals surface area contributed by atoms with Gasteiger partial charge < -0.3 is 5.32 Å². The molecule has 1 aromatic carbocycles. The van der Waals surface area contributed by atoms with Gasteiger partial charge in [0, 0.05) is 29.0 Å². The summed E-state index contributed by atoms with van der Waals surface area (Å²) in [5.41, 5.74) is -0.430. The summed E-state index contributed by atoms with van der Waals surface area (Å²) in [6.07, 6.45) is 1.27. The maximum absolute atomic E-state index is 12.6. The first-order chi connectivity index (χ1) is 10.6. The normalized spacial score (nSPS) is 17.9. The molecule has 0 radical (unpaired) electrons. The fourth-order valence-electron chi connectivity index (χ4n) is 2.40. The number of hydrogen-bond acceptors (Lipinski definition) is 3. The van der Waals surface area contributed by atoms with Crippen LogP contribution in [0, 0.1) is 5.41 Å². The van der Waals surface area contributed by atoms with Crippen LogP contribution in [0.25, 0.3) is 0 Å². The molecule has 2 rings (SSSR count). The highest BCUT2D eigenvalue weighted by molar-refractivity contribution is 9.10. The molecule has 128 valence electrons. The summed E-state index contributed by atoms with van der Waals surface area (Å²) in [5.74, 6) is 0.00622. The lowest BCUT2D eigenvalue weighted by molar-refractivity contribution is -0.129. The van der Waals surface area contributed by atoms with Crippen LogP contribution in [0.2, 0.25) is 0 Å². The Balaban J connectivity index is 1.98. The number of nitrogens with zero attached hydrogens (tertiary/aromatic N) is 1. The van der Waals surface area contributed by atoms with E-state index in [-0.39, 0.29) is 11.9 Å². The number of piperidine rings is 1. The fraction of sp³-hybridized carbons (Fsp3) is 0.562. The van der Waals surface area contributed by atoms with E-state index in [1.54, 1.807) is 24.3 Å². The van der Waals surface area contributed by atoms with Crippen LogP contribution >= 0.6 is 15.9 Å². The second-order valence-electron chi connectivity index (χ2n) is 6.86. The molecule has 1 aliphatic heterocycles. The van der Waals surface area contributed by atoms with E-state index in [1.165, 1.54) is 4.31 Å². The van der Waals surface area contributed by atoms with Crippen LogP contribution in [0.15, 0.2) is 33.6 Å². The molecule has 0 saturated carbocycles. The molecular formula is C16H23BrN2O3S. The molecular weight excluding hydrogens is 380 g/mol. The smallest absolute Gasteiger partial charge is 0.243 e. The second kappa shape index (κ2) is 6.91. The van der Waals surface area contributed by atoms with Crippen LogP contribution in [0.5, 0.6) is 0 Å². The third-order valence-electron chi connectivity index (χ3n) is 3.92. The Kier molecular flexibility index (Phi) is 5.53. The predicted molar refractivity (Wildman–Crippen MR) is 93.5 cm³/mol. The van der Waals surface area contributed by atoms with Gasteiger partial charge in [-0.2, -0.15) is 4.31 Å². The van der Waals surface area contributed by atoms with E-state index in [0.29, 0.717) is 30.8 Å². The van der Waals surface area contributed by atoms with Gasteiger partial charge >= 0.3 is 0 Å². The van der Waals surface area contributed by atoms with Crippen LogP contribution in [-0.4, -0.2) is 37.8 Å². The second-order valence-corrected chi connectivity index (χ2v) is 9.71. The number of halogens is 1. The Morgan fingerprint density at radius 2 is 1.70 bits per heavy atom. The molecule has 1 aromatic rings. The SMILES string of the molecule is CC(C)(C)C(=O)NC1CCN(S(=O)(=O)c2ccc(Br)cc2)CC1. The number of rotatable bonds is 3. The average Bonchev–Trinajstić information content (AvgIpc) is 2.47. The van der Waals surface area contributed by atoms with E-state index in [1.807, 2.05) is 20.8 Å². The summed E-state index contributed by atoms with van der Waals surface area (Å²) in [7, 11) is -3.46. The van der Waals surface area contributed by atoms with Gasteiger partial charge in [0.1, 0.15) is 0 Å². The Bertz CT molecular complexity index is 658. The first-order valence-electron chi connectivity index (χ1n) is 7.67. The molecule has 0 unspecified atom stereocenters. The van der Waals surface area contributed by atoms with Crippen molar-refractivity contribution in [2.75, 3.05) is 13.1 Å². The van der Waals surface area contributed by atoms with Gasteiger partial charge in [0.15, 0.2) is 0 Å². The Hall–Kier alpha value is -0.920. The fourth-order valence-corrected chi connectivity index (χ4v) is 4.13. The Morgan fingerprint density at radius 3 is 2.17 bits per heavy atom. The van der Waals surface area contributed by atoms with E-state index < -0.39 is 15.4 Å². The molecule has 1 N–H and O–H groups in total. The highest BCUT2D eigenvalue weighted by atomic mass is 79.9. The van der Waals surface area contributed by atoms with Crippen LogP contribution in [-0.2, 0) is 14.8 Å². The van der Waals surface area contributed by atoms with Crippen molar-refractivity contribution in [3.8, 4) is 0 Å². The lowest BCUT2D eigenvalue weighted by Crippen LogP contribution is -2.48. The van der Waals surface area contributed by atoms with Crippen molar-refractivity contribution >= 4 is 31.9 Å². The molecule has 1 amide bonds. The minimum Gasteiger partial charge on any atom is -0.353 e. The van der Waals surface area contributed by atoms with Crippen molar-refractivity contribution in [2.45, 2.75) is 44.6 Å². The monoisotopic (exact) mass is 402 g/mol. The van der Waals surface area contributed by atoms with E-state index >= 15 is 0 Å².